The molecule has 1 aromatic heterocycles. The average molecular weight is 320 g/mol. The van der Waals surface area contributed by atoms with Crippen molar-refractivity contribution in [3.63, 3.8) is 0 Å². The number of hydrogen-bond donors (Lipinski definition) is 2. The van der Waals surface area contributed by atoms with E-state index in [0.717, 1.165) is 10.6 Å². The van der Waals surface area contributed by atoms with Crippen molar-refractivity contribution in [2.24, 2.45) is 5.92 Å². The van der Waals surface area contributed by atoms with Crippen LogP contribution in [0, 0.1) is 5.92 Å². The summed E-state index contributed by atoms with van der Waals surface area (Å²) in [5.74, 6) is 0.817. The molecule has 2 aromatic rings. The van der Waals surface area contributed by atoms with E-state index >= 15 is 0 Å². The number of thioether (sulfide) groups is 1. The van der Waals surface area contributed by atoms with Crippen LogP contribution >= 0.6 is 23.1 Å². The normalized spacial score (nSPS) is 12.3. The topological polar surface area (TPSA) is 55.1 Å². The van der Waals surface area contributed by atoms with Gasteiger partial charge in [-0.15, -0.1) is 23.1 Å². The van der Waals surface area contributed by atoms with Crippen molar-refractivity contribution in [3.05, 3.63) is 46.7 Å². The van der Waals surface area contributed by atoms with Gasteiger partial charge < -0.3 is 11.1 Å². The van der Waals surface area contributed by atoms with Crippen LogP contribution in [-0.2, 0) is 4.79 Å². The van der Waals surface area contributed by atoms with E-state index in [1.165, 1.54) is 16.6 Å². The first-order valence-corrected chi connectivity index (χ1v) is 8.74. The summed E-state index contributed by atoms with van der Waals surface area (Å²) in [6, 6.07) is 11.8. The SMILES string of the molecule is CC(C)C(NC(=O)CSc1cccc(N)c1)c1cccs1. The number of benzene rings is 1. The molecule has 2 rings (SSSR count). The van der Waals surface area contributed by atoms with Gasteiger partial charge in [0.15, 0.2) is 0 Å². The van der Waals surface area contributed by atoms with Gasteiger partial charge in [-0.1, -0.05) is 26.0 Å². The van der Waals surface area contributed by atoms with Gasteiger partial charge >= 0.3 is 0 Å². The third-order valence-corrected chi connectivity index (χ3v) is 5.01. The van der Waals surface area contributed by atoms with Gasteiger partial charge in [0.25, 0.3) is 0 Å². The quantitative estimate of drug-likeness (QED) is 0.626. The fraction of sp³-hybridized carbons (Fsp3) is 0.312. The Hall–Kier alpha value is -1.46. The molecule has 0 saturated carbocycles. The number of anilines is 1. The van der Waals surface area contributed by atoms with Crippen molar-refractivity contribution in [2.75, 3.05) is 11.5 Å². The second-order valence-electron chi connectivity index (χ2n) is 5.17. The standard InChI is InChI=1S/C16H20N2OS2/c1-11(2)16(14-7-4-8-20-14)18-15(19)10-21-13-6-3-5-12(17)9-13/h3-9,11,16H,10,17H2,1-2H3,(H,18,19). The Bertz CT molecular complexity index is 582. The summed E-state index contributed by atoms with van der Waals surface area (Å²) in [5, 5.41) is 5.16. The highest BCUT2D eigenvalue weighted by molar-refractivity contribution is 8.00. The van der Waals surface area contributed by atoms with Crippen molar-refractivity contribution in [3.8, 4) is 0 Å². The Balaban J connectivity index is 1.91. The number of rotatable bonds is 6. The largest absolute Gasteiger partial charge is 0.399 e. The van der Waals surface area contributed by atoms with E-state index in [2.05, 4.69) is 25.2 Å². The lowest BCUT2D eigenvalue weighted by molar-refractivity contribution is -0.119. The Morgan fingerprint density at radius 1 is 1.33 bits per heavy atom. The summed E-state index contributed by atoms with van der Waals surface area (Å²) in [6.45, 7) is 4.24. The molecule has 0 spiro atoms. The highest BCUT2D eigenvalue weighted by atomic mass is 32.2. The molecule has 0 aliphatic carbocycles. The molecule has 1 heterocycles. The molecule has 1 aromatic carbocycles. The number of nitrogens with two attached hydrogens (primary N) is 1. The molecule has 3 N–H and O–H groups in total. The molecule has 1 amide bonds. The van der Waals surface area contributed by atoms with Crippen LogP contribution in [0.15, 0.2) is 46.7 Å². The molecule has 0 saturated heterocycles. The summed E-state index contributed by atoms with van der Waals surface area (Å²) in [6.07, 6.45) is 0. The summed E-state index contributed by atoms with van der Waals surface area (Å²) in [4.78, 5) is 14.4. The third-order valence-electron chi connectivity index (χ3n) is 3.06. The highest BCUT2D eigenvalue weighted by Gasteiger charge is 2.19. The molecule has 3 nitrogen and oxygen atoms in total. The summed E-state index contributed by atoms with van der Waals surface area (Å²) in [5.41, 5.74) is 6.46. The van der Waals surface area contributed by atoms with Crippen LogP contribution in [0.2, 0.25) is 0 Å². The van der Waals surface area contributed by atoms with Crippen LogP contribution in [0.1, 0.15) is 24.8 Å². The Morgan fingerprint density at radius 2 is 2.14 bits per heavy atom. The van der Waals surface area contributed by atoms with E-state index in [1.807, 2.05) is 35.7 Å². The molecule has 0 fully saturated rings. The smallest absolute Gasteiger partial charge is 0.230 e. The zero-order valence-electron chi connectivity index (χ0n) is 12.2. The minimum Gasteiger partial charge on any atom is -0.399 e. The Kier molecular flexibility index (Phi) is 5.70. The van der Waals surface area contributed by atoms with Crippen molar-refractivity contribution in [1.29, 1.82) is 0 Å². The fourth-order valence-corrected chi connectivity index (χ4v) is 3.73. The van der Waals surface area contributed by atoms with Crippen molar-refractivity contribution >= 4 is 34.7 Å². The second kappa shape index (κ2) is 7.52. The summed E-state index contributed by atoms with van der Waals surface area (Å²) < 4.78 is 0. The predicted molar refractivity (Wildman–Crippen MR) is 91.6 cm³/mol. The van der Waals surface area contributed by atoms with Crippen LogP contribution < -0.4 is 11.1 Å². The number of carbonyl (C=O) groups excluding carboxylic acids is 1. The number of hydrogen-bond acceptors (Lipinski definition) is 4. The molecule has 1 atom stereocenters. The summed E-state index contributed by atoms with van der Waals surface area (Å²) >= 11 is 3.18. The monoisotopic (exact) mass is 320 g/mol. The maximum atomic E-state index is 12.2. The minimum atomic E-state index is 0.0505. The highest BCUT2D eigenvalue weighted by Crippen LogP contribution is 2.26. The number of carbonyl (C=O) groups is 1. The lowest BCUT2D eigenvalue weighted by Crippen LogP contribution is -2.32. The lowest BCUT2D eigenvalue weighted by atomic mass is 10.0. The molecule has 0 aliphatic rings. The fourth-order valence-electron chi connectivity index (χ4n) is 2.00. The molecule has 0 aliphatic heterocycles. The molecular weight excluding hydrogens is 300 g/mol. The molecular formula is C16H20N2OS2. The van der Waals surface area contributed by atoms with Crippen LogP contribution in [0.4, 0.5) is 5.69 Å². The van der Waals surface area contributed by atoms with Gasteiger partial charge in [-0.2, -0.15) is 0 Å². The predicted octanol–water partition coefficient (Wildman–Crippen LogP) is 3.94. The molecule has 5 heteroatoms. The van der Waals surface area contributed by atoms with Crippen molar-refractivity contribution in [1.82, 2.24) is 5.32 Å². The van der Waals surface area contributed by atoms with E-state index in [-0.39, 0.29) is 11.9 Å². The van der Waals surface area contributed by atoms with Crippen molar-refractivity contribution < 1.29 is 4.79 Å². The molecule has 112 valence electrons. The van der Waals surface area contributed by atoms with Crippen LogP contribution in [0.5, 0.6) is 0 Å². The number of thiophene rings is 1. The van der Waals surface area contributed by atoms with E-state index in [0.29, 0.717) is 11.7 Å². The van der Waals surface area contributed by atoms with Gasteiger partial charge in [-0.05, 0) is 35.6 Å². The molecule has 21 heavy (non-hydrogen) atoms. The van der Waals surface area contributed by atoms with Crippen LogP contribution in [-0.4, -0.2) is 11.7 Å². The Morgan fingerprint density at radius 3 is 2.76 bits per heavy atom. The maximum absolute atomic E-state index is 12.2. The molecule has 1 unspecified atom stereocenters. The van der Waals surface area contributed by atoms with Gasteiger partial charge in [0, 0.05) is 15.5 Å². The number of nitrogens with one attached hydrogen (secondary N) is 1. The van der Waals surface area contributed by atoms with Gasteiger partial charge in [0.2, 0.25) is 5.91 Å². The number of amides is 1. The second-order valence-corrected chi connectivity index (χ2v) is 7.19. The van der Waals surface area contributed by atoms with E-state index in [4.69, 9.17) is 5.73 Å². The van der Waals surface area contributed by atoms with Crippen molar-refractivity contribution in [2.45, 2.75) is 24.8 Å². The van der Waals surface area contributed by atoms with E-state index in [9.17, 15) is 4.79 Å². The van der Waals surface area contributed by atoms with Gasteiger partial charge in [-0.25, -0.2) is 0 Å². The average Bonchev–Trinajstić information content (AvgIpc) is 2.96. The van der Waals surface area contributed by atoms with Gasteiger partial charge in [0.1, 0.15) is 0 Å². The van der Waals surface area contributed by atoms with Gasteiger partial charge in [0.05, 0.1) is 11.8 Å². The van der Waals surface area contributed by atoms with Crippen LogP contribution in [0.3, 0.4) is 0 Å². The minimum absolute atomic E-state index is 0.0505. The third kappa shape index (κ3) is 4.79. The zero-order chi connectivity index (χ0) is 15.2. The van der Waals surface area contributed by atoms with Gasteiger partial charge in [-0.3, -0.25) is 4.79 Å². The molecule has 0 radical (unpaired) electrons. The van der Waals surface area contributed by atoms with E-state index in [1.54, 1.807) is 11.3 Å². The Labute approximate surface area is 133 Å². The van der Waals surface area contributed by atoms with E-state index < -0.39 is 0 Å². The first kappa shape index (κ1) is 15.9. The summed E-state index contributed by atoms with van der Waals surface area (Å²) in [7, 11) is 0. The first-order chi connectivity index (χ1) is 10.1. The maximum Gasteiger partial charge on any atom is 0.230 e. The van der Waals surface area contributed by atoms with Crippen LogP contribution in [0.25, 0.3) is 0 Å². The lowest BCUT2D eigenvalue weighted by Gasteiger charge is -2.21. The first-order valence-electron chi connectivity index (χ1n) is 6.87. The molecule has 0 bridgehead atoms. The zero-order valence-corrected chi connectivity index (χ0v) is 13.8. The number of nitrogen functional groups attached to an aromatic ring is 1.